The quantitative estimate of drug-likeness (QED) is 0.853. The second-order valence-corrected chi connectivity index (χ2v) is 5.30. The van der Waals surface area contributed by atoms with Gasteiger partial charge in [0.15, 0.2) is 0 Å². The number of nitrogens with zero attached hydrogens (tertiary/aromatic N) is 1. The molecule has 0 aliphatic carbocycles. The monoisotopic (exact) mass is 297 g/mol. The number of hydrogen-bond acceptors (Lipinski definition) is 2. The highest BCUT2D eigenvalue weighted by Gasteiger charge is 2.15. The average Bonchev–Trinajstić information content (AvgIpc) is 2.59. The molecule has 1 N–H and O–H groups in total. The summed E-state index contributed by atoms with van der Waals surface area (Å²) >= 11 is 0. The fourth-order valence-electron chi connectivity index (χ4n) is 2.41. The van der Waals surface area contributed by atoms with Gasteiger partial charge in [-0.05, 0) is 36.1 Å². The van der Waals surface area contributed by atoms with Crippen LogP contribution in [0, 0.1) is 0 Å². The molecule has 3 heteroatoms. The van der Waals surface area contributed by atoms with Gasteiger partial charge in [-0.25, -0.2) is 0 Å². The Morgan fingerprint density at radius 1 is 0.955 bits per heavy atom. The third-order valence-electron chi connectivity index (χ3n) is 3.78. The molecule has 1 amide bonds. The lowest BCUT2D eigenvalue weighted by molar-refractivity contribution is 0.0724. The maximum Gasteiger partial charge on any atom is 0.253 e. The lowest BCUT2D eigenvalue weighted by Crippen LogP contribution is -2.35. The van der Waals surface area contributed by atoms with Gasteiger partial charge in [0.1, 0.15) is 0 Å². The van der Waals surface area contributed by atoms with Crippen LogP contribution in [-0.4, -0.2) is 35.6 Å². The number of aliphatic hydroxyl groups is 1. The summed E-state index contributed by atoms with van der Waals surface area (Å²) in [6, 6.07) is 17.8. The van der Waals surface area contributed by atoms with Crippen molar-refractivity contribution in [3.05, 3.63) is 71.3 Å². The van der Waals surface area contributed by atoms with Crippen LogP contribution in [0.15, 0.2) is 54.6 Å². The highest BCUT2D eigenvalue weighted by molar-refractivity contribution is 5.94. The van der Waals surface area contributed by atoms with Gasteiger partial charge in [-0.1, -0.05) is 49.4 Å². The van der Waals surface area contributed by atoms with Crippen molar-refractivity contribution in [3.8, 4) is 0 Å². The van der Waals surface area contributed by atoms with E-state index in [2.05, 4.69) is 19.1 Å². The molecule has 116 valence electrons. The molecule has 2 aromatic carbocycles. The third-order valence-corrected chi connectivity index (χ3v) is 3.78. The topological polar surface area (TPSA) is 40.5 Å². The van der Waals surface area contributed by atoms with Crippen LogP contribution in [0.1, 0.15) is 28.4 Å². The number of aryl methyl sites for hydroxylation is 1. The Balaban J connectivity index is 2.03. The number of aliphatic hydroxyl groups excluding tert-OH is 1. The van der Waals surface area contributed by atoms with Crippen molar-refractivity contribution in [2.75, 3.05) is 19.7 Å². The number of amides is 1. The molecular formula is C19H23NO2. The van der Waals surface area contributed by atoms with E-state index in [-0.39, 0.29) is 12.5 Å². The summed E-state index contributed by atoms with van der Waals surface area (Å²) in [6.45, 7) is 3.04. The van der Waals surface area contributed by atoms with Crippen molar-refractivity contribution >= 4 is 5.91 Å². The van der Waals surface area contributed by atoms with Gasteiger partial charge >= 0.3 is 0 Å². The van der Waals surface area contributed by atoms with Crippen LogP contribution in [0.5, 0.6) is 0 Å². The van der Waals surface area contributed by atoms with Crippen LogP contribution in [0.2, 0.25) is 0 Å². The van der Waals surface area contributed by atoms with Crippen LogP contribution in [0.25, 0.3) is 0 Å². The Kier molecular flexibility index (Phi) is 6.16. The number of benzene rings is 2. The van der Waals surface area contributed by atoms with Crippen LogP contribution in [0.3, 0.4) is 0 Å². The first-order valence-electron chi connectivity index (χ1n) is 7.77. The Hall–Kier alpha value is -2.13. The van der Waals surface area contributed by atoms with Crippen LogP contribution in [-0.2, 0) is 12.8 Å². The summed E-state index contributed by atoms with van der Waals surface area (Å²) in [5.74, 6) is -0.0207. The molecule has 0 atom stereocenters. The fraction of sp³-hybridized carbons (Fsp3) is 0.316. The Labute approximate surface area is 132 Å². The highest BCUT2D eigenvalue weighted by Crippen LogP contribution is 2.10. The first-order chi connectivity index (χ1) is 10.7. The van der Waals surface area contributed by atoms with E-state index in [1.165, 1.54) is 11.1 Å². The molecule has 0 heterocycles. The molecule has 0 aromatic heterocycles. The van der Waals surface area contributed by atoms with Crippen molar-refractivity contribution in [1.82, 2.24) is 4.90 Å². The average molecular weight is 297 g/mol. The highest BCUT2D eigenvalue weighted by atomic mass is 16.3. The van der Waals surface area contributed by atoms with Crippen molar-refractivity contribution in [2.24, 2.45) is 0 Å². The molecule has 0 saturated heterocycles. The summed E-state index contributed by atoms with van der Waals surface area (Å²) < 4.78 is 0. The first kappa shape index (κ1) is 16.2. The van der Waals surface area contributed by atoms with Gasteiger partial charge in [0.25, 0.3) is 5.91 Å². The lowest BCUT2D eigenvalue weighted by Gasteiger charge is -2.22. The van der Waals surface area contributed by atoms with E-state index in [1.807, 2.05) is 42.5 Å². The Morgan fingerprint density at radius 2 is 1.64 bits per heavy atom. The third kappa shape index (κ3) is 4.43. The van der Waals surface area contributed by atoms with Gasteiger partial charge in [0, 0.05) is 18.7 Å². The maximum atomic E-state index is 12.6. The minimum atomic E-state index is -0.0207. The van der Waals surface area contributed by atoms with Gasteiger partial charge in [-0.15, -0.1) is 0 Å². The lowest BCUT2D eigenvalue weighted by atomic mass is 10.1. The summed E-state index contributed by atoms with van der Waals surface area (Å²) in [5.41, 5.74) is 3.09. The summed E-state index contributed by atoms with van der Waals surface area (Å²) in [5, 5.41) is 9.22. The molecule has 0 unspecified atom stereocenters. The molecule has 0 radical (unpaired) electrons. The molecule has 2 aromatic rings. The molecule has 0 saturated carbocycles. The largest absolute Gasteiger partial charge is 0.395 e. The number of hydrogen-bond donors (Lipinski definition) is 1. The predicted molar refractivity (Wildman–Crippen MR) is 89.0 cm³/mol. The van der Waals surface area contributed by atoms with E-state index < -0.39 is 0 Å². The molecule has 22 heavy (non-hydrogen) atoms. The van der Waals surface area contributed by atoms with Crippen LogP contribution >= 0.6 is 0 Å². The van der Waals surface area contributed by atoms with Crippen molar-refractivity contribution in [2.45, 2.75) is 19.8 Å². The number of carbonyl (C=O) groups excluding carboxylic acids is 1. The zero-order valence-corrected chi connectivity index (χ0v) is 13.0. The Morgan fingerprint density at radius 3 is 2.23 bits per heavy atom. The van der Waals surface area contributed by atoms with Gasteiger partial charge in [0.05, 0.1) is 6.61 Å². The van der Waals surface area contributed by atoms with Gasteiger partial charge < -0.3 is 10.0 Å². The Bertz CT molecular complexity index is 578. The molecule has 3 nitrogen and oxygen atoms in total. The molecule has 0 aliphatic heterocycles. The standard InChI is InChI=1S/C19H23NO2/c1-2-16-8-10-18(11-9-16)19(22)20(14-15-21)13-12-17-6-4-3-5-7-17/h3-11,21H,2,12-15H2,1H3. The fourth-order valence-corrected chi connectivity index (χ4v) is 2.41. The zero-order chi connectivity index (χ0) is 15.8. The summed E-state index contributed by atoms with van der Waals surface area (Å²) in [6.07, 6.45) is 1.75. The van der Waals surface area contributed by atoms with Crippen LogP contribution in [0.4, 0.5) is 0 Å². The second kappa shape index (κ2) is 8.35. The molecular weight excluding hydrogens is 274 g/mol. The van der Waals surface area contributed by atoms with Gasteiger partial charge in [-0.3, -0.25) is 4.79 Å². The van der Waals surface area contributed by atoms with E-state index in [0.717, 1.165) is 12.8 Å². The first-order valence-corrected chi connectivity index (χ1v) is 7.77. The zero-order valence-electron chi connectivity index (χ0n) is 13.0. The normalized spacial score (nSPS) is 10.5. The SMILES string of the molecule is CCc1ccc(C(=O)N(CCO)CCc2ccccc2)cc1. The van der Waals surface area contributed by atoms with Crippen LogP contribution < -0.4 is 0 Å². The smallest absolute Gasteiger partial charge is 0.253 e. The van der Waals surface area contributed by atoms with E-state index >= 15 is 0 Å². The maximum absolute atomic E-state index is 12.6. The number of carbonyl (C=O) groups is 1. The van der Waals surface area contributed by atoms with Crippen molar-refractivity contribution < 1.29 is 9.90 Å². The second-order valence-electron chi connectivity index (χ2n) is 5.30. The molecule has 0 fully saturated rings. The molecule has 0 bridgehead atoms. The summed E-state index contributed by atoms with van der Waals surface area (Å²) in [4.78, 5) is 14.3. The van der Waals surface area contributed by atoms with Crippen molar-refractivity contribution in [1.29, 1.82) is 0 Å². The van der Waals surface area contributed by atoms with E-state index in [1.54, 1.807) is 4.90 Å². The molecule has 0 aliphatic rings. The van der Waals surface area contributed by atoms with E-state index in [9.17, 15) is 9.90 Å². The predicted octanol–water partition coefficient (Wildman–Crippen LogP) is 2.93. The van der Waals surface area contributed by atoms with E-state index in [0.29, 0.717) is 18.7 Å². The minimum absolute atomic E-state index is 0.0203. The molecule has 2 rings (SSSR count). The summed E-state index contributed by atoms with van der Waals surface area (Å²) in [7, 11) is 0. The molecule has 0 spiro atoms. The number of rotatable bonds is 7. The van der Waals surface area contributed by atoms with Gasteiger partial charge in [0.2, 0.25) is 0 Å². The van der Waals surface area contributed by atoms with E-state index in [4.69, 9.17) is 0 Å². The van der Waals surface area contributed by atoms with Crippen molar-refractivity contribution in [3.63, 3.8) is 0 Å². The minimum Gasteiger partial charge on any atom is -0.395 e. The van der Waals surface area contributed by atoms with Gasteiger partial charge in [-0.2, -0.15) is 0 Å².